The second kappa shape index (κ2) is 10.0. The number of aromatic amines is 1. The van der Waals surface area contributed by atoms with E-state index in [2.05, 4.69) is 25.9 Å². The zero-order valence-corrected chi connectivity index (χ0v) is 18.3. The topological polar surface area (TPSA) is 220 Å². The number of anilines is 3. The Bertz CT molecular complexity index is 1130. The van der Waals surface area contributed by atoms with Crippen molar-refractivity contribution in [1.82, 2.24) is 15.3 Å². The summed E-state index contributed by atoms with van der Waals surface area (Å²) in [6.45, 7) is 1.15. The van der Waals surface area contributed by atoms with Gasteiger partial charge in [0, 0.05) is 24.3 Å². The molecule has 0 spiro atoms. The molecule has 2 atom stereocenters. The summed E-state index contributed by atoms with van der Waals surface area (Å²) in [6, 6.07) is 4.90. The molecule has 1 aromatic heterocycles. The fourth-order valence-electron chi connectivity index (χ4n) is 3.39. The fraction of sp³-hybridized carbons (Fsp3) is 0.368. The van der Waals surface area contributed by atoms with Gasteiger partial charge in [0.1, 0.15) is 11.9 Å². The molecule has 2 heterocycles. The van der Waals surface area contributed by atoms with Gasteiger partial charge in [0.25, 0.3) is 11.5 Å². The number of aromatic nitrogens is 2. The molecule has 1 aliphatic rings. The summed E-state index contributed by atoms with van der Waals surface area (Å²) in [5.74, 6) is -1.39. The number of H-pyrrole nitrogens is 1. The Morgan fingerprint density at radius 1 is 1.27 bits per heavy atom. The number of hydrogen-bond acceptors (Lipinski definition) is 8. The van der Waals surface area contributed by atoms with Gasteiger partial charge in [-0.25, -0.2) is 4.79 Å². The maximum atomic E-state index is 12.3. The van der Waals surface area contributed by atoms with Crippen LogP contribution in [0.3, 0.4) is 0 Å². The van der Waals surface area contributed by atoms with Crippen LogP contribution in [0.25, 0.3) is 0 Å². The van der Waals surface area contributed by atoms with Gasteiger partial charge < -0.3 is 36.6 Å². The lowest BCUT2D eigenvalue weighted by Crippen LogP contribution is -2.41. The first-order valence-electron chi connectivity index (χ1n) is 10.1. The number of carbonyl (C=O) groups excluding carboxylic acids is 1. The summed E-state index contributed by atoms with van der Waals surface area (Å²) < 4.78 is 11.0. The molecule has 0 bridgehead atoms. The normalized spacial score (nSPS) is 16.2. The second-order valence-electron chi connectivity index (χ2n) is 7.73. The molecular formula is C19H25N6O7P. The number of amides is 1. The van der Waals surface area contributed by atoms with Crippen LogP contribution in [0.15, 0.2) is 29.1 Å². The van der Waals surface area contributed by atoms with E-state index in [0.29, 0.717) is 30.9 Å². The van der Waals surface area contributed by atoms with Crippen molar-refractivity contribution in [1.29, 1.82) is 0 Å². The molecule has 1 aromatic carbocycles. The highest BCUT2D eigenvalue weighted by atomic mass is 31.2. The van der Waals surface area contributed by atoms with Gasteiger partial charge >= 0.3 is 13.6 Å². The predicted octanol–water partition coefficient (Wildman–Crippen LogP) is -0.201. The SMILES string of the molecule is Nc1nc2c(c(=O)[nH]1)CC(CNc1ccc(C(=O)N[C@@H](CCP(=O)(O)O)C(=O)O)cc1)CN2. The van der Waals surface area contributed by atoms with Crippen molar-refractivity contribution in [3.05, 3.63) is 45.7 Å². The minimum atomic E-state index is -4.38. The first-order valence-corrected chi connectivity index (χ1v) is 11.9. The number of carboxylic acid groups (broad SMARTS) is 1. The van der Waals surface area contributed by atoms with E-state index in [4.69, 9.17) is 15.5 Å². The van der Waals surface area contributed by atoms with E-state index in [9.17, 15) is 24.1 Å². The number of nitrogens with two attached hydrogens (primary N) is 1. The number of benzene rings is 1. The minimum Gasteiger partial charge on any atom is -0.480 e. The third-order valence-corrected chi connectivity index (χ3v) is 5.98. The number of aliphatic carboxylic acids is 1. The molecule has 1 unspecified atom stereocenters. The summed E-state index contributed by atoms with van der Waals surface area (Å²) in [5, 5.41) is 17.8. The number of carboxylic acids is 1. The van der Waals surface area contributed by atoms with Crippen molar-refractivity contribution < 1.29 is 29.0 Å². The highest BCUT2D eigenvalue weighted by Gasteiger charge is 2.25. The number of nitrogens with one attached hydrogen (secondary N) is 4. The molecule has 0 aliphatic carbocycles. The van der Waals surface area contributed by atoms with Crippen LogP contribution in [0.1, 0.15) is 22.3 Å². The second-order valence-corrected chi connectivity index (χ2v) is 9.51. The number of hydrogen-bond donors (Lipinski definition) is 8. The van der Waals surface area contributed by atoms with E-state index in [1.165, 1.54) is 12.1 Å². The largest absolute Gasteiger partial charge is 0.480 e. The lowest BCUT2D eigenvalue weighted by Gasteiger charge is -2.25. The lowest BCUT2D eigenvalue weighted by molar-refractivity contribution is -0.139. The first-order chi connectivity index (χ1) is 15.5. The summed E-state index contributed by atoms with van der Waals surface area (Å²) >= 11 is 0. The van der Waals surface area contributed by atoms with Crippen LogP contribution in [0.2, 0.25) is 0 Å². The van der Waals surface area contributed by atoms with E-state index in [1.54, 1.807) is 12.1 Å². The summed E-state index contributed by atoms with van der Waals surface area (Å²) in [6.07, 6.45) is -0.527. The van der Waals surface area contributed by atoms with Crippen LogP contribution in [0, 0.1) is 5.92 Å². The Morgan fingerprint density at radius 3 is 2.61 bits per heavy atom. The summed E-state index contributed by atoms with van der Waals surface area (Å²) in [4.78, 5) is 60.1. The average molecular weight is 480 g/mol. The summed E-state index contributed by atoms with van der Waals surface area (Å²) in [7, 11) is -4.38. The number of fused-ring (bicyclic) bond motifs is 1. The molecule has 1 amide bonds. The van der Waals surface area contributed by atoms with Crippen LogP contribution < -0.4 is 27.2 Å². The number of nitrogen functional groups attached to an aromatic ring is 1. The van der Waals surface area contributed by atoms with Crippen LogP contribution in [0.5, 0.6) is 0 Å². The molecule has 2 aromatic rings. The van der Waals surface area contributed by atoms with Gasteiger partial charge in [-0.15, -0.1) is 0 Å². The van der Waals surface area contributed by atoms with Gasteiger partial charge in [-0.3, -0.25) is 19.1 Å². The summed E-state index contributed by atoms with van der Waals surface area (Å²) in [5.41, 5.74) is 6.74. The molecule has 3 rings (SSSR count). The Labute approximate surface area is 188 Å². The van der Waals surface area contributed by atoms with Crippen molar-refractivity contribution in [2.75, 3.05) is 35.6 Å². The third kappa shape index (κ3) is 6.78. The van der Waals surface area contributed by atoms with E-state index in [-0.39, 0.29) is 23.0 Å². The van der Waals surface area contributed by atoms with Gasteiger partial charge in [-0.1, -0.05) is 0 Å². The predicted molar refractivity (Wildman–Crippen MR) is 120 cm³/mol. The Kier molecular flexibility index (Phi) is 7.36. The zero-order chi connectivity index (χ0) is 24.2. The monoisotopic (exact) mass is 480 g/mol. The smallest absolute Gasteiger partial charge is 0.326 e. The van der Waals surface area contributed by atoms with Crippen LogP contribution in [0.4, 0.5) is 17.5 Å². The Morgan fingerprint density at radius 2 is 1.97 bits per heavy atom. The van der Waals surface area contributed by atoms with Gasteiger partial charge in [0.2, 0.25) is 5.95 Å². The zero-order valence-electron chi connectivity index (χ0n) is 17.4. The van der Waals surface area contributed by atoms with Crippen LogP contribution >= 0.6 is 7.60 Å². The van der Waals surface area contributed by atoms with E-state index in [0.717, 1.165) is 5.69 Å². The quantitative estimate of drug-likeness (QED) is 0.220. The molecule has 9 N–H and O–H groups in total. The van der Waals surface area contributed by atoms with E-state index >= 15 is 0 Å². The molecule has 14 heteroatoms. The van der Waals surface area contributed by atoms with Gasteiger partial charge in [0.05, 0.1) is 11.7 Å². The van der Waals surface area contributed by atoms with Crippen LogP contribution in [-0.4, -0.2) is 62.0 Å². The Hall–Kier alpha value is -3.41. The van der Waals surface area contributed by atoms with E-state index < -0.39 is 38.1 Å². The van der Waals surface area contributed by atoms with Gasteiger partial charge in [-0.2, -0.15) is 4.98 Å². The standard InChI is InChI=1S/C19H25N6O7P/c20-19-24-15-13(17(27)25-19)7-10(9-22-15)8-21-12-3-1-11(2-4-12)16(26)23-14(18(28)29)5-6-33(30,31)32/h1-4,10,14,21H,5-9H2,(H,23,26)(H,28,29)(H2,30,31,32)(H4,20,22,24,25,27)/t10?,14-/m0/s1. The minimum absolute atomic E-state index is 0.0587. The van der Waals surface area contributed by atoms with Crippen molar-refractivity contribution >= 4 is 36.9 Å². The van der Waals surface area contributed by atoms with Crippen LogP contribution in [-0.2, 0) is 15.8 Å². The van der Waals surface area contributed by atoms with Crippen molar-refractivity contribution in [2.24, 2.45) is 5.92 Å². The molecule has 13 nitrogen and oxygen atoms in total. The molecular weight excluding hydrogens is 455 g/mol. The highest BCUT2D eigenvalue weighted by Crippen LogP contribution is 2.35. The van der Waals surface area contributed by atoms with Gasteiger partial charge in [-0.05, 0) is 43.0 Å². The third-order valence-electron chi connectivity index (χ3n) is 5.14. The Balaban J connectivity index is 1.54. The first kappa shape index (κ1) is 24.2. The molecule has 0 saturated heterocycles. The van der Waals surface area contributed by atoms with Crippen molar-refractivity contribution in [2.45, 2.75) is 18.9 Å². The molecule has 33 heavy (non-hydrogen) atoms. The fourth-order valence-corrected chi connectivity index (χ4v) is 3.99. The molecule has 178 valence electrons. The van der Waals surface area contributed by atoms with Crippen molar-refractivity contribution in [3.8, 4) is 0 Å². The molecule has 0 fully saturated rings. The molecule has 1 aliphatic heterocycles. The molecule has 0 saturated carbocycles. The van der Waals surface area contributed by atoms with Crippen molar-refractivity contribution in [3.63, 3.8) is 0 Å². The molecule has 0 radical (unpaired) electrons. The maximum absolute atomic E-state index is 12.3. The van der Waals surface area contributed by atoms with E-state index in [1.807, 2.05) is 0 Å². The highest BCUT2D eigenvalue weighted by molar-refractivity contribution is 7.51. The number of carbonyl (C=O) groups is 2. The number of rotatable bonds is 9. The maximum Gasteiger partial charge on any atom is 0.326 e. The van der Waals surface area contributed by atoms with Gasteiger partial charge in [0.15, 0.2) is 0 Å². The lowest BCUT2D eigenvalue weighted by atomic mass is 9.96. The average Bonchev–Trinajstić information content (AvgIpc) is 2.74. The number of nitrogens with zero attached hydrogens (tertiary/aromatic N) is 1.